The number of halogens is 4. The van der Waals surface area contributed by atoms with Crippen LogP contribution in [0.4, 0.5) is 4.39 Å². The van der Waals surface area contributed by atoms with Crippen molar-refractivity contribution in [2.24, 2.45) is 0 Å². The lowest BCUT2D eigenvalue weighted by Gasteiger charge is -2.13. The van der Waals surface area contributed by atoms with E-state index in [4.69, 9.17) is 23.2 Å². The van der Waals surface area contributed by atoms with Crippen LogP contribution in [0.5, 0.6) is 0 Å². The molecule has 0 heterocycles. The van der Waals surface area contributed by atoms with Gasteiger partial charge in [-0.25, -0.2) is 4.39 Å². The molecule has 100 valence electrons. The molecule has 0 aliphatic rings. The molecule has 5 heteroatoms. The molecule has 0 aromatic heterocycles. The van der Waals surface area contributed by atoms with E-state index in [9.17, 15) is 9.50 Å². The number of hydrogen-bond acceptors (Lipinski definition) is 1. The van der Waals surface area contributed by atoms with E-state index >= 15 is 0 Å². The Bertz CT molecular complexity index is 584. The summed E-state index contributed by atoms with van der Waals surface area (Å²) in [7, 11) is 0. The maximum atomic E-state index is 13.6. The van der Waals surface area contributed by atoms with Gasteiger partial charge in [-0.2, -0.15) is 0 Å². The highest BCUT2D eigenvalue weighted by atomic mass is 79.9. The Kier molecular flexibility index (Phi) is 4.85. The zero-order valence-corrected chi connectivity index (χ0v) is 12.8. The Hall–Kier alpha value is -0.610. The van der Waals surface area contributed by atoms with Crippen LogP contribution in [0.3, 0.4) is 0 Å². The first-order valence-corrected chi connectivity index (χ1v) is 7.08. The molecule has 1 nitrogen and oxygen atoms in total. The molecule has 0 amide bonds. The molecule has 1 N–H and O–H groups in total. The van der Waals surface area contributed by atoms with E-state index in [0.717, 1.165) is 4.47 Å². The lowest BCUT2D eigenvalue weighted by molar-refractivity contribution is 0.177. The second-order valence-corrected chi connectivity index (χ2v) is 5.95. The third kappa shape index (κ3) is 3.93. The Morgan fingerprint density at radius 2 is 1.84 bits per heavy atom. The molecule has 1 atom stereocenters. The third-order valence-electron chi connectivity index (χ3n) is 2.69. The molecule has 0 radical (unpaired) electrons. The monoisotopic (exact) mass is 362 g/mol. The summed E-state index contributed by atoms with van der Waals surface area (Å²) in [6, 6.07) is 9.40. The van der Waals surface area contributed by atoms with Crippen molar-refractivity contribution in [2.75, 3.05) is 0 Å². The van der Waals surface area contributed by atoms with Crippen molar-refractivity contribution in [3.63, 3.8) is 0 Å². The van der Waals surface area contributed by atoms with Crippen LogP contribution in [0.1, 0.15) is 17.2 Å². The Balaban J connectivity index is 2.25. The molecule has 0 fully saturated rings. The van der Waals surface area contributed by atoms with Gasteiger partial charge in [0.2, 0.25) is 0 Å². The smallest absolute Gasteiger partial charge is 0.126 e. The highest BCUT2D eigenvalue weighted by Crippen LogP contribution is 2.27. The van der Waals surface area contributed by atoms with Crippen molar-refractivity contribution in [1.29, 1.82) is 0 Å². The normalized spacial score (nSPS) is 12.5. The second kappa shape index (κ2) is 6.23. The largest absolute Gasteiger partial charge is 0.388 e. The van der Waals surface area contributed by atoms with E-state index in [-0.39, 0.29) is 12.2 Å². The van der Waals surface area contributed by atoms with Gasteiger partial charge < -0.3 is 5.11 Å². The zero-order chi connectivity index (χ0) is 14.0. The van der Waals surface area contributed by atoms with E-state index in [1.165, 1.54) is 18.2 Å². The molecule has 2 aromatic carbocycles. The van der Waals surface area contributed by atoms with Crippen molar-refractivity contribution in [3.05, 3.63) is 67.9 Å². The van der Waals surface area contributed by atoms with Crippen LogP contribution in [0.2, 0.25) is 10.0 Å². The van der Waals surface area contributed by atoms with Crippen LogP contribution in [0.25, 0.3) is 0 Å². The van der Waals surface area contributed by atoms with E-state index in [2.05, 4.69) is 15.9 Å². The lowest BCUT2D eigenvalue weighted by Crippen LogP contribution is -2.03. The van der Waals surface area contributed by atoms with Gasteiger partial charge in [0, 0.05) is 20.9 Å². The van der Waals surface area contributed by atoms with Crippen LogP contribution < -0.4 is 0 Å². The van der Waals surface area contributed by atoms with Gasteiger partial charge in [0.05, 0.1) is 6.10 Å². The molecular formula is C14H10BrCl2FO. The first-order valence-electron chi connectivity index (χ1n) is 5.53. The van der Waals surface area contributed by atoms with Gasteiger partial charge in [-0.1, -0.05) is 39.1 Å². The molecule has 0 spiro atoms. The average Bonchev–Trinajstić information content (AvgIpc) is 2.32. The predicted molar refractivity (Wildman–Crippen MR) is 79.2 cm³/mol. The van der Waals surface area contributed by atoms with E-state index < -0.39 is 6.10 Å². The SMILES string of the molecule is OC(Cc1cc(Cl)ccc1F)c1cc(Cl)cc(Br)c1. The van der Waals surface area contributed by atoms with Crippen molar-refractivity contribution < 1.29 is 9.50 Å². The minimum Gasteiger partial charge on any atom is -0.388 e. The molecule has 1 unspecified atom stereocenters. The topological polar surface area (TPSA) is 20.2 Å². The molecule has 0 bridgehead atoms. The quantitative estimate of drug-likeness (QED) is 0.797. The van der Waals surface area contributed by atoms with Crippen LogP contribution >= 0.6 is 39.1 Å². The van der Waals surface area contributed by atoms with Crippen LogP contribution in [-0.2, 0) is 6.42 Å². The molecular weight excluding hydrogens is 354 g/mol. The van der Waals surface area contributed by atoms with E-state index in [0.29, 0.717) is 21.2 Å². The van der Waals surface area contributed by atoms with Gasteiger partial charge in [-0.15, -0.1) is 0 Å². The average molecular weight is 364 g/mol. The van der Waals surface area contributed by atoms with Gasteiger partial charge >= 0.3 is 0 Å². The summed E-state index contributed by atoms with van der Waals surface area (Å²) in [4.78, 5) is 0. The van der Waals surface area contributed by atoms with Gasteiger partial charge in [0.15, 0.2) is 0 Å². The number of aliphatic hydroxyl groups excluding tert-OH is 1. The van der Waals surface area contributed by atoms with Crippen molar-refractivity contribution in [3.8, 4) is 0 Å². The van der Waals surface area contributed by atoms with Gasteiger partial charge in [0.25, 0.3) is 0 Å². The fourth-order valence-electron chi connectivity index (χ4n) is 1.79. The van der Waals surface area contributed by atoms with Crippen molar-refractivity contribution in [2.45, 2.75) is 12.5 Å². The molecule has 0 aliphatic carbocycles. The van der Waals surface area contributed by atoms with E-state index in [1.54, 1.807) is 18.2 Å². The van der Waals surface area contributed by atoms with Gasteiger partial charge in [0.1, 0.15) is 5.82 Å². The summed E-state index contributed by atoms with van der Waals surface area (Å²) < 4.78 is 14.4. The summed E-state index contributed by atoms with van der Waals surface area (Å²) >= 11 is 15.0. The molecule has 2 aromatic rings. The molecule has 0 saturated heterocycles. The summed E-state index contributed by atoms with van der Waals surface area (Å²) in [6.07, 6.45) is -0.706. The first-order chi connectivity index (χ1) is 8.95. The molecule has 0 aliphatic heterocycles. The number of aliphatic hydroxyl groups is 1. The molecule has 19 heavy (non-hydrogen) atoms. The van der Waals surface area contributed by atoms with Gasteiger partial charge in [-0.3, -0.25) is 0 Å². The molecule has 0 saturated carbocycles. The Labute approximate surface area is 129 Å². The standard InChI is InChI=1S/C14H10BrCl2FO/c15-10-3-9(5-12(17)7-10)14(19)6-8-4-11(16)1-2-13(8)18/h1-5,7,14,19H,6H2. The molecule has 2 rings (SSSR count). The number of rotatable bonds is 3. The first kappa shape index (κ1) is 14.8. The minimum absolute atomic E-state index is 0.138. The summed E-state index contributed by atoms with van der Waals surface area (Å²) in [6.45, 7) is 0. The zero-order valence-electron chi connectivity index (χ0n) is 9.71. The lowest BCUT2D eigenvalue weighted by atomic mass is 10.0. The predicted octanol–water partition coefficient (Wildman–Crippen LogP) is 5.17. The minimum atomic E-state index is -0.844. The fourth-order valence-corrected chi connectivity index (χ4v) is 2.87. The van der Waals surface area contributed by atoms with Crippen molar-refractivity contribution in [1.82, 2.24) is 0 Å². The van der Waals surface area contributed by atoms with Crippen LogP contribution in [-0.4, -0.2) is 5.11 Å². The summed E-state index contributed by atoms with van der Waals surface area (Å²) in [5, 5.41) is 11.1. The number of hydrogen-bond donors (Lipinski definition) is 1. The third-order valence-corrected chi connectivity index (χ3v) is 3.60. The Morgan fingerprint density at radius 1 is 1.11 bits per heavy atom. The highest BCUT2D eigenvalue weighted by molar-refractivity contribution is 9.10. The highest BCUT2D eigenvalue weighted by Gasteiger charge is 2.13. The van der Waals surface area contributed by atoms with Crippen molar-refractivity contribution >= 4 is 39.1 Å². The maximum absolute atomic E-state index is 13.6. The van der Waals surface area contributed by atoms with E-state index in [1.807, 2.05) is 0 Å². The fraction of sp³-hybridized carbons (Fsp3) is 0.143. The number of benzene rings is 2. The Morgan fingerprint density at radius 3 is 2.53 bits per heavy atom. The van der Waals surface area contributed by atoms with Crippen LogP contribution in [0.15, 0.2) is 40.9 Å². The van der Waals surface area contributed by atoms with Crippen LogP contribution in [0, 0.1) is 5.82 Å². The van der Waals surface area contributed by atoms with Gasteiger partial charge in [-0.05, 0) is 47.5 Å². The summed E-state index contributed by atoms with van der Waals surface area (Å²) in [5.74, 6) is -0.385. The maximum Gasteiger partial charge on any atom is 0.126 e. The second-order valence-electron chi connectivity index (χ2n) is 4.16. The summed E-state index contributed by atoms with van der Waals surface area (Å²) in [5.41, 5.74) is 0.995.